The fourth-order valence-electron chi connectivity index (χ4n) is 2.95. The first-order valence-electron chi connectivity index (χ1n) is 8.10. The van der Waals surface area contributed by atoms with Crippen LogP contribution in [0.5, 0.6) is 0 Å². The van der Waals surface area contributed by atoms with Crippen molar-refractivity contribution in [3.63, 3.8) is 0 Å². The molecule has 0 amide bonds. The van der Waals surface area contributed by atoms with Gasteiger partial charge in [-0.2, -0.15) is 5.26 Å². The van der Waals surface area contributed by atoms with E-state index in [0.717, 1.165) is 22.5 Å². The van der Waals surface area contributed by atoms with Crippen molar-refractivity contribution < 1.29 is 13.3 Å². The first-order valence-corrected chi connectivity index (χ1v) is 9.58. The highest BCUT2D eigenvalue weighted by Gasteiger charge is 2.28. The maximum absolute atomic E-state index is 12.7. The molecule has 0 unspecified atom stereocenters. The molecule has 0 radical (unpaired) electrons. The molecule has 138 valence electrons. The topological polar surface area (TPSA) is 129 Å². The molecule has 2 N–H and O–H groups in total. The fourth-order valence-corrected chi connectivity index (χ4v) is 4.36. The summed E-state index contributed by atoms with van der Waals surface area (Å²) in [5.74, 6) is 0. The highest BCUT2D eigenvalue weighted by Crippen LogP contribution is 2.24. The van der Waals surface area contributed by atoms with Gasteiger partial charge in [-0.3, -0.25) is 10.1 Å². The summed E-state index contributed by atoms with van der Waals surface area (Å²) in [4.78, 5) is 13.1. The van der Waals surface area contributed by atoms with Crippen LogP contribution in [0.3, 0.4) is 0 Å². The van der Waals surface area contributed by atoms with E-state index in [9.17, 15) is 18.5 Å². The summed E-state index contributed by atoms with van der Waals surface area (Å²) < 4.78 is 27.8. The Morgan fingerprint density at radius 3 is 2.63 bits per heavy atom. The predicted octanol–water partition coefficient (Wildman–Crippen LogP) is 2.88. The van der Waals surface area contributed by atoms with Crippen molar-refractivity contribution in [3.05, 3.63) is 70.4 Å². The average molecular weight is 384 g/mol. The average Bonchev–Trinajstić information content (AvgIpc) is 3.04. The van der Waals surface area contributed by atoms with E-state index in [1.807, 2.05) is 30.3 Å². The molecule has 0 saturated carbocycles. The summed E-state index contributed by atoms with van der Waals surface area (Å²) in [5.41, 5.74) is 1.26. The van der Waals surface area contributed by atoms with E-state index < -0.39 is 31.6 Å². The third-order valence-corrected chi connectivity index (χ3v) is 5.72. The summed E-state index contributed by atoms with van der Waals surface area (Å²) in [7, 11) is -4.17. The summed E-state index contributed by atoms with van der Waals surface area (Å²) in [6.45, 7) is 0. The SMILES string of the molecule is N#CC[C@@H](Cc1c[nH]c2ccccc12)NS(=O)(=O)c1ccccc1[N+](=O)[O-]. The summed E-state index contributed by atoms with van der Waals surface area (Å²) in [5, 5.41) is 21.2. The van der Waals surface area contributed by atoms with Gasteiger partial charge in [-0.25, -0.2) is 13.1 Å². The van der Waals surface area contributed by atoms with Crippen LogP contribution in [0, 0.1) is 21.4 Å². The van der Waals surface area contributed by atoms with Crippen LogP contribution in [0.1, 0.15) is 12.0 Å². The van der Waals surface area contributed by atoms with Crippen LogP contribution in [-0.2, 0) is 16.4 Å². The van der Waals surface area contributed by atoms with Gasteiger partial charge in [0.25, 0.3) is 5.69 Å². The van der Waals surface area contributed by atoms with Crippen LogP contribution in [0.25, 0.3) is 10.9 Å². The summed E-state index contributed by atoms with van der Waals surface area (Å²) in [6.07, 6.45) is 1.98. The van der Waals surface area contributed by atoms with E-state index >= 15 is 0 Å². The Hall–Kier alpha value is -3.22. The molecular weight excluding hydrogens is 368 g/mol. The maximum Gasteiger partial charge on any atom is 0.289 e. The Morgan fingerprint density at radius 2 is 1.89 bits per heavy atom. The van der Waals surface area contributed by atoms with Crippen molar-refractivity contribution in [2.24, 2.45) is 0 Å². The van der Waals surface area contributed by atoms with Crippen molar-refractivity contribution in [1.82, 2.24) is 9.71 Å². The highest BCUT2D eigenvalue weighted by atomic mass is 32.2. The van der Waals surface area contributed by atoms with Crippen LogP contribution in [0.2, 0.25) is 0 Å². The Labute approximate surface area is 155 Å². The number of fused-ring (bicyclic) bond motifs is 1. The number of hydrogen-bond donors (Lipinski definition) is 2. The smallest absolute Gasteiger partial charge is 0.289 e. The van der Waals surface area contributed by atoms with Crippen LogP contribution in [0.15, 0.2) is 59.6 Å². The molecule has 0 aliphatic rings. The van der Waals surface area contributed by atoms with E-state index in [1.165, 1.54) is 18.2 Å². The Kier molecular flexibility index (Phi) is 5.21. The van der Waals surface area contributed by atoms with E-state index in [4.69, 9.17) is 5.26 Å². The molecule has 2 aromatic carbocycles. The second-order valence-corrected chi connectivity index (χ2v) is 7.65. The molecule has 0 aliphatic carbocycles. The molecule has 0 bridgehead atoms. The maximum atomic E-state index is 12.7. The minimum Gasteiger partial charge on any atom is -0.361 e. The zero-order chi connectivity index (χ0) is 19.4. The number of hydrogen-bond acceptors (Lipinski definition) is 5. The van der Waals surface area contributed by atoms with Gasteiger partial charge in [0.1, 0.15) is 0 Å². The van der Waals surface area contributed by atoms with Gasteiger partial charge in [-0.1, -0.05) is 30.3 Å². The molecule has 0 saturated heterocycles. The molecule has 0 spiro atoms. The quantitative estimate of drug-likeness (QED) is 0.478. The van der Waals surface area contributed by atoms with Gasteiger partial charge in [0.15, 0.2) is 4.90 Å². The van der Waals surface area contributed by atoms with Crippen LogP contribution >= 0.6 is 0 Å². The van der Waals surface area contributed by atoms with Crippen LogP contribution in [-0.4, -0.2) is 24.4 Å². The van der Waals surface area contributed by atoms with E-state index in [-0.39, 0.29) is 12.8 Å². The molecule has 1 aromatic heterocycles. The molecule has 3 rings (SSSR count). The number of nitriles is 1. The van der Waals surface area contributed by atoms with Gasteiger partial charge in [0.05, 0.1) is 17.4 Å². The molecule has 0 fully saturated rings. The number of nitrogens with zero attached hydrogens (tertiary/aromatic N) is 2. The number of benzene rings is 2. The van der Waals surface area contributed by atoms with Gasteiger partial charge in [0, 0.05) is 29.2 Å². The van der Waals surface area contributed by atoms with Gasteiger partial charge in [-0.15, -0.1) is 0 Å². The molecular formula is C18H16N4O4S. The van der Waals surface area contributed by atoms with Gasteiger partial charge in [0.2, 0.25) is 10.0 Å². The number of para-hydroxylation sites is 2. The third kappa shape index (κ3) is 3.97. The number of rotatable bonds is 7. The van der Waals surface area contributed by atoms with Crippen molar-refractivity contribution in [2.75, 3.05) is 0 Å². The van der Waals surface area contributed by atoms with Gasteiger partial charge >= 0.3 is 0 Å². The summed E-state index contributed by atoms with van der Waals surface area (Å²) >= 11 is 0. The molecule has 1 heterocycles. The van der Waals surface area contributed by atoms with Gasteiger partial charge < -0.3 is 4.98 Å². The van der Waals surface area contributed by atoms with E-state index in [2.05, 4.69) is 9.71 Å². The molecule has 3 aromatic rings. The van der Waals surface area contributed by atoms with Crippen molar-refractivity contribution in [1.29, 1.82) is 5.26 Å². The number of sulfonamides is 1. The summed E-state index contributed by atoms with van der Waals surface area (Å²) in [6, 6.07) is 13.9. The second kappa shape index (κ2) is 7.57. The number of nitro benzene ring substituents is 1. The van der Waals surface area contributed by atoms with Crippen molar-refractivity contribution >= 4 is 26.6 Å². The zero-order valence-corrected chi connectivity index (χ0v) is 14.9. The fraction of sp³-hybridized carbons (Fsp3) is 0.167. The van der Waals surface area contributed by atoms with Crippen LogP contribution in [0.4, 0.5) is 5.69 Å². The second-order valence-electron chi connectivity index (χ2n) is 5.97. The molecule has 27 heavy (non-hydrogen) atoms. The zero-order valence-electron chi connectivity index (χ0n) is 14.1. The molecule has 9 heteroatoms. The lowest BCUT2D eigenvalue weighted by Gasteiger charge is -2.16. The Bertz CT molecular complexity index is 1130. The predicted molar refractivity (Wildman–Crippen MR) is 99.4 cm³/mol. The number of H-pyrrole nitrogens is 1. The van der Waals surface area contributed by atoms with Gasteiger partial charge in [-0.05, 0) is 24.1 Å². The minimum atomic E-state index is -4.17. The highest BCUT2D eigenvalue weighted by molar-refractivity contribution is 7.89. The number of aromatic amines is 1. The van der Waals surface area contributed by atoms with E-state index in [1.54, 1.807) is 6.20 Å². The van der Waals surface area contributed by atoms with Crippen molar-refractivity contribution in [3.8, 4) is 6.07 Å². The van der Waals surface area contributed by atoms with Crippen LogP contribution < -0.4 is 4.72 Å². The monoisotopic (exact) mass is 384 g/mol. The number of aromatic nitrogens is 1. The molecule has 1 atom stereocenters. The molecule has 8 nitrogen and oxygen atoms in total. The largest absolute Gasteiger partial charge is 0.361 e. The Balaban J connectivity index is 1.90. The number of nitrogens with one attached hydrogen (secondary N) is 2. The first-order chi connectivity index (χ1) is 12.9. The van der Waals surface area contributed by atoms with E-state index in [0.29, 0.717) is 0 Å². The standard InChI is InChI=1S/C18H16N4O4S/c19-10-9-14(11-13-12-20-16-6-2-1-5-15(13)16)21-27(25,26)18-8-4-3-7-17(18)22(23)24/h1-8,12,14,20-21H,9,11H2/t14-/m0/s1. The lowest BCUT2D eigenvalue weighted by Crippen LogP contribution is -2.36. The lowest BCUT2D eigenvalue weighted by molar-refractivity contribution is -0.387. The normalized spacial score (nSPS) is 12.6. The lowest BCUT2D eigenvalue weighted by atomic mass is 10.0. The van der Waals surface area contributed by atoms with Crippen molar-refractivity contribution in [2.45, 2.75) is 23.8 Å². The Morgan fingerprint density at radius 1 is 1.19 bits per heavy atom. The minimum absolute atomic E-state index is 0.0701. The first kappa shape index (κ1) is 18.6. The number of nitro groups is 1. The third-order valence-electron chi connectivity index (χ3n) is 4.15. The molecule has 0 aliphatic heterocycles.